The Morgan fingerprint density at radius 2 is 1.77 bits per heavy atom. The van der Waals surface area contributed by atoms with Crippen LogP contribution in [0.4, 0.5) is 19.1 Å². The fourth-order valence-corrected chi connectivity index (χ4v) is 5.64. The minimum atomic E-state index is -4.47. The summed E-state index contributed by atoms with van der Waals surface area (Å²) in [7, 11) is 1.85. The van der Waals surface area contributed by atoms with Gasteiger partial charge in [0, 0.05) is 68.9 Å². The summed E-state index contributed by atoms with van der Waals surface area (Å²) < 4.78 is 40.5. The summed E-state index contributed by atoms with van der Waals surface area (Å²) in [6.07, 6.45) is 2.28. The number of amides is 2. The van der Waals surface area contributed by atoms with Crippen LogP contribution in [0.15, 0.2) is 42.9 Å². The third-order valence-electron chi connectivity index (χ3n) is 7.94. The highest BCUT2D eigenvalue weighted by atomic mass is 19.4. The van der Waals surface area contributed by atoms with E-state index < -0.39 is 17.6 Å². The van der Waals surface area contributed by atoms with E-state index in [1.54, 1.807) is 12.1 Å². The number of hydrogen-bond acceptors (Lipinski definition) is 6. The lowest BCUT2D eigenvalue weighted by Gasteiger charge is -2.38. The van der Waals surface area contributed by atoms with Crippen molar-refractivity contribution in [2.45, 2.75) is 50.5 Å². The molecule has 1 aromatic carbocycles. The lowest BCUT2D eigenvalue weighted by molar-refractivity contribution is -0.138. The van der Waals surface area contributed by atoms with Gasteiger partial charge < -0.3 is 20.1 Å². The number of hydrogen-bond donors (Lipinski definition) is 1. The average molecular weight is 544 g/mol. The summed E-state index contributed by atoms with van der Waals surface area (Å²) >= 11 is 0. The molecule has 0 aliphatic carbocycles. The zero-order chi connectivity index (χ0) is 27.7. The Kier molecular flexibility index (Phi) is 7.48. The van der Waals surface area contributed by atoms with Crippen LogP contribution in [0.3, 0.4) is 0 Å². The number of likely N-dealkylation sites (N-methyl/N-ethyl adjacent to an activating group) is 1. The molecule has 5 rings (SSSR count). The SMILES string of the molecule is CN(C(=O)C1CCCN1CCn1ccc2ccc(C(N)=O)cc21)C1CCN(c2ncc(C(F)(F)F)cn2)CC1. The number of anilines is 1. The number of carbonyl (C=O) groups is 2. The zero-order valence-corrected chi connectivity index (χ0v) is 21.8. The van der Waals surface area contributed by atoms with Crippen LogP contribution >= 0.6 is 0 Å². The van der Waals surface area contributed by atoms with Gasteiger partial charge in [-0.05, 0) is 55.8 Å². The van der Waals surface area contributed by atoms with E-state index >= 15 is 0 Å². The molecule has 0 saturated carbocycles. The molecule has 208 valence electrons. The molecule has 0 radical (unpaired) electrons. The molecule has 0 spiro atoms. The molecule has 1 atom stereocenters. The monoisotopic (exact) mass is 543 g/mol. The molecule has 12 heteroatoms. The molecule has 2 amide bonds. The molecule has 0 bridgehead atoms. The Labute approximate surface area is 224 Å². The predicted octanol–water partition coefficient (Wildman–Crippen LogP) is 3.14. The van der Waals surface area contributed by atoms with Gasteiger partial charge >= 0.3 is 6.18 Å². The van der Waals surface area contributed by atoms with E-state index in [1.165, 1.54) is 0 Å². The van der Waals surface area contributed by atoms with Gasteiger partial charge in [0.15, 0.2) is 0 Å². The number of nitrogens with zero attached hydrogens (tertiary/aromatic N) is 6. The number of halogens is 3. The van der Waals surface area contributed by atoms with Crippen LogP contribution in [0.2, 0.25) is 0 Å². The van der Waals surface area contributed by atoms with E-state index in [2.05, 4.69) is 19.4 Å². The van der Waals surface area contributed by atoms with Crippen LogP contribution in [0.1, 0.15) is 41.6 Å². The van der Waals surface area contributed by atoms with Crippen molar-refractivity contribution in [1.29, 1.82) is 0 Å². The quantitative estimate of drug-likeness (QED) is 0.492. The van der Waals surface area contributed by atoms with Gasteiger partial charge in [-0.2, -0.15) is 13.2 Å². The van der Waals surface area contributed by atoms with Gasteiger partial charge in [0.2, 0.25) is 17.8 Å². The highest BCUT2D eigenvalue weighted by Gasteiger charge is 2.36. The number of rotatable bonds is 7. The summed E-state index contributed by atoms with van der Waals surface area (Å²) in [4.78, 5) is 38.9. The molecular weight excluding hydrogens is 511 g/mol. The van der Waals surface area contributed by atoms with Crippen LogP contribution in [0, 0.1) is 0 Å². The molecule has 2 aromatic heterocycles. The lowest BCUT2D eigenvalue weighted by Crippen LogP contribution is -2.51. The maximum Gasteiger partial charge on any atom is 0.419 e. The first kappa shape index (κ1) is 26.9. The molecule has 2 saturated heterocycles. The molecular formula is C27H32F3N7O2. The fraction of sp³-hybridized carbons (Fsp3) is 0.481. The summed E-state index contributed by atoms with van der Waals surface area (Å²) in [5.74, 6) is -0.0846. The smallest absolute Gasteiger partial charge is 0.366 e. The van der Waals surface area contributed by atoms with Crippen molar-refractivity contribution in [1.82, 2.24) is 24.3 Å². The van der Waals surface area contributed by atoms with Crippen molar-refractivity contribution in [3.05, 3.63) is 54.0 Å². The standard InChI is InChI=1S/C27H32F3N7O2/c1-34(21-7-11-37(12-8-21)26-32-16-20(17-33-26)27(28,29)30)25(39)22-3-2-9-35(22)13-14-36-10-6-18-4-5-19(24(31)38)15-23(18)36/h4-6,10,15-17,21-22H,2-3,7-9,11-14H2,1H3,(H2,31,38). The molecule has 1 unspecified atom stereocenters. The highest BCUT2D eigenvalue weighted by Crippen LogP contribution is 2.29. The molecule has 3 aromatic rings. The van der Waals surface area contributed by atoms with E-state index in [0.29, 0.717) is 44.6 Å². The Bertz CT molecular complexity index is 1330. The Morgan fingerprint density at radius 1 is 1.05 bits per heavy atom. The van der Waals surface area contributed by atoms with E-state index in [9.17, 15) is 22.8 Å². The normalized spacial score (nSPS) is 19.1. The second-order valence-electron chi connectivity index (χ2n) is 10.3. The van der Waals surface area contributed by atoms with E-state index in [0.717, 1.165) is 42.7 Å². The number of aromatic nitrogens is 3. The second-order valence-corrected chi connectivity index (χ2v) is 10.3. The van der Waals surface area contributed by atoms with Gasteiger partial charge in [0.25, 0.3) is 0 Å². The number of alkyl halides is 3. The first-order valence-electron chi connectivity index (χ1n) is 13.2. The van der Waals surface area contributed by atoms with Crippen molar-refractivity contribution < 1.29 is 22.8 Å². The molecule has 39 heavy (non-hydrogen) atoms. The molecule has 2 fully saturated rings. The van der Waals surface area contributed by atoms with Crippen LogP contribution in [0.25, 0.3) is 10.9 Å². The van der Waals surface area contributed by atoms with E-state index in [-0.39, 0.29) is 23.9 Å². The maximum atomic E-state index is 13.5. The van der Waals surface area contributed by atoms with Gasteiger partial charge in [-0.25, -0.2) is 9.97 Å². The van der Waals surface area contributed by atoms with Crippen LogP contribution in [-0.2, 0) is 17.5 Å². The summed E-state index contributed by atoms with van der Waals surface area (Å²) in [5, 5.41) is 1.03. The van der Waals surface area contributed by atoms with Crippen molar-refractivity contribution in [2.24, 2.45) is 5.73 Å². The van der Waals surface area contributed by atoms with Crippen molar-refractivity contribution in [3.63, 3.8) is 0 Å². The largest absolute Gasteiger partial charge is 0.419 e. The minimum absolute atomic E-state index is 0.0475. The Hall–Kier alpha value is -3.67. The number of fused-ring (bicyclic) bond motifs is 1. The van der Waals surface area contributed by atoms with Crippen LogP contribution in [0.5, 0.6) is 0 Å². The third kappa shape index (κ3) is 5.70. The highest BCUT2D eigenvalue weighted by molar-refractivity contribution is 5.97. The second kappa shape index (κ2) is 10.8. The van der Waals surface area contributed by atoms with Gasteiger partial charge in [0.1, 0.15) is 0 Å². The molecule has 2 aliphatic heterocycles. The summed E-state index contributed by atoms with van der Waals surface area (Å²) in [6.45, 7) is 3.37. The van der Waals surface area contributed by atoms with E-state index in [1.807, 2.05) is 35.2 Å². The lowest BCUT2D eigenvalue weighted by atomic mass is 10.0. The summed E-state index contributed by atoms with van der Waals surface area (Å²) in [5.41, 5.74) is 5.99. The first-order valence-corrected chi connectivity index (χ1v) is 13.2. The predicted molar refractivity (Wildman–Crippen MR) is 140 cm³/mol. The minimum Gasteiger partial charge on any atom is -0.366 e. The van der Waals surface area contributed by atoms with Crippen molar-refractivity contribution in [3.8, 4) is 0 Å². The van der Waals surface area contributed by atoms with Gasteiger partial charge in [0.05, 0.1) is 11.6 Å². The topological polar surface area (TPSA) is 101 Å². The average Bonchev–Trinajstić information content (AvgIpc) is 3.57. The molecule has 4 heterocycles. The van der Waals surface area contributed by atoms with E-state index in [4.69, 9.17) is 5.73 Å². The van der Waals surface area contributed by atoms with Gasteiger partial charge in [-0.1, -0.05) is 6.07 Å². The number of piperidine rings is 1. The first-order chi connectivity index (χ1) is 18.6. The maximum absolute atomic E-state index is 13.5. The Morgan fingerprint density at radius 3 is 2.44 bits per heavy atom. The van der Waals surface area contributed by atoms with Gasteiger partial charge in [-0.15, -0.1) is 0 Å². The van der Waals surface area contributed by atoms with Crippen molar-refractivity contribution >= 4 is 28.7 Å². The molecule has 9 nitrogen and oxygen atoms in total. The number of benzene rings is 1. The Balaban J connectivity index is 1.16. The van der Waals surface area contributed by atoms with Gasteiger partial charge in [-0.3, -0.25) is 14.5 Å². The molecule has 2 N–H and O–H groups in total. The fourth-order valence-electron chi connectivity index (χ4n) is 5.64. The number of likely N-dealkylation sites (tertiary alicyclic amines) is 1. The van der Waals surface area contributed by atoms with Crippen LogP contribution < -0.4 is 10.6 Å². The summed E-state index contributed by atoms with van der Waals surface area (Å²) in [6, 6.07) is 7.28. The third-order valence-corrected chi connectivity index (χ3v) is 7.94. The zero-order valence-electron chi connectivity index (χ0n) is 21.8. The molecule has 2 aliphatic rings. The number of carbonyl (C=O) groups excluding carboxylic acids is 2. The number of nitrogens with two attached hydrogens (primary N) is 1. The van der Waals surface area contributed by atoms with Crippen molar-refractivity contribution in [2.75, 3.05) is 38.1 Å². The van der Waals surface area contributed by atoms with Crippen LogP contribution in [-0.4, -0.2) is 81.5 Å². The number of primary amides is 1.